The molecule has 0 aliphatic rings. The molecule has 0 unspecified atom stereocenters. The van der Waals surface area contributed by atoms with E-state index in [0.29, 0.717) is 12.4 Å². The van der Waals surface area contributed by atoms with Crippen molar-refractivity contribution in [2.45, 2.75) is 13.8 Å². The van der Waals surface area contributed by atoms with Crippen LogP contribution in [-0.2, 0) is 10.0 Å². The van der Waals surface area contributed by atoms with E-state index in [-0.39, 0.29) is 5.75 Å². The number of aromatic nitrogens is 3. The third-order valence-electron chi connectivity index (χ3n) is 4.30. The van der Waals surface area contributed by atoms with Gasteiger partial charge in [0.15, 0.2) is 5.82 Å². The highest BCUT2D eigenvalue weighted by Crippen LogP contribution is 2.36. The van der Waals surface area contributed by atoms with Crippen molar-refractivity contribution in [2.24, 2.45) is 0 Å². The van der Waals surface area contributed by atoms with E-state index in [0.717, 1.165) is 27.2 Å². The van der Waals surface area contributed by atoms with E-state index >= 15 is 0 Å². The minimum Gasteiger partial charge on any atom is -0.358 e. The average molecular weight is 392 g/mol. The molecule has 0 fully saturated rings. The molecule has 0 aliphatic heterocycles. The van der Waals surface area contributed by atoms with Crippen LogP contribution in [-0.4, -0.2) is 49.8 Å². The zero-order chi connectivity index (χ0) is 18.9. The number of anilines is 1. The second-order valence-corrected chi connectivity index (χ2v) is 9.27. The van der Waals surface area contributed by atoms with E-state index in [2.05, 4.69) is 16.6 Å². The normalized spacial score (nSPS) is 11.8. The van der Waals surface area contributed by atoms with Crippen LogP contribution in [0.1, 0.15) is 10.4 Å². The summed E-state index contributed by atoms with van der Waals surface area (Å²) >= 11 is 1.62. The lowest BCUT2D eigenvalue weighted by Crippen LogP contribution is -2.31. The van der Waals surface area contributed by atoms with Crippen molar-refractivity contribution in [3.8, 4) is 11.4 Å². The van der Waals surface area contributed by atoms with Crippen LogP contribution in [0.25, 0.3) is 21.6 Å². The second-order valence-electron chi connectivity index (χ2n) is 6.02. The molecule has 0 atom stereocenters. The molecule has 7 nitrogen and oxygen atoms in total. The molecule has 3 rings (SSSR count). The van der Waals surface area contributed by atoms with Gasteiger partial charge in [-0.2, -0.15) is 0 Å². The van der Waals surface area contributed by atoms with Crippen LogP contribution in [0.2, 0.25) is 0 Å². The van der Waals surface area contributed by atoms with Crippen molar-refractivity contribution in [3.05, 3.63) is 35.0 Å². The quantitative estimate of drug-likeness (QED) is 0.694. The van der Waals surface area contributed by atoms with Gasteiger partial charge in [-0.25, -0.2) is 23.1 Å². The molecule has 0 amide bonds. The first-order valence-corrected chi connectivity index (χ1v) is 10.6. The molecule has 0 saturated heterocycles. The van der Waals surface area contributed by atoms with Gasteiger partial charge in [-0.3, -0.25) is 4.98 Å². The average Bonchev–Trinajstić information content (AvgIpc) is 2.94. The predicted molar refractivity (Wildman–Crippen MR) is 106 cm³/mol. The number of nitrogens with one attached hydrogen (secondary N) is 1. The number of sulfonamides is 1. The Morgan fingerprint density at radius 1 is 1.27 bits per heavy atom. The number of pyridine rings is 1. The van der Waals surface area contributed by atoms with Crippen molar-refractivity contribution >= 4 is 37.4 Å². The Kier molecular flexibility index (Phi) is 5.22. The number of rotatable bonds is 6. The van der Waals surface area contributed by atoms with Crippen LogP contribution in [0.5, 0.6) is 0 Å². The summed E-state index contributed by atoms with van der Waals surface area (Å²) in [5, 5.41) is 0.976. The Morgan fingerprint density at radius 3 is 2.69 bits per heavy atom. The van der Waals surface area contributed by atoms with Gasteiger partial charge in [0, 0.05) is 36.4 Å². The minimum atomic E-state index is -3.29. The van der Waals surface area contributed by atoms with E-state index in [1.165, 1.54) is 11.9 Å². The molecule has 0 bridgehead atoms. The Morgan fingerprint density at radius 2 is 2.04 bits per heavy atom. The molecule has 0 radical (unpaired) electrons. The van der Waals surface area contributed by atoms with E-state index in [4.69, 9.17) is 9.97 Å². The number of fused-ring (bicyclic) bond motifs is 1. The second kappa shape index (κ2) is 7.26. The van der Waals surface area contributed by atoms with Crippen molar-refractivity contribution < 1.29 is 8.42 Å². The number of thiophene rings is 1. The largest absolute Gasteiger partial charge is 0.358 e. The maximum Gasteiger partial charge on any atom is 0.213 e. The third-order valence-corrected chi connectivity index (χ3v) is 6.74. The third kappa shape index (κ3) is 3.69. The van der Waals surface area contributed by atoms with Gasteiger partial charge >= 0.3 is 0 Å². The maximum atomic E-state index is 11.8. The van der Waals surface area contributed by atoms with E-state index in [1.807, 2.05) is 31.0 Å². The molecule has 0 aromatic carbocycles. The molecule has 3 aromatic heterocycles. The number of hydrogen-bond donors (Lipinski definition) is 1. The Bertz CT molecular complexity index is 1030. The van der Waals surface area contributed by atoms with Crippen LogP contribution < -0.4 is 9.62 Å². The first kappa shape index (κ1) is 18.7. The standard InChI is InChI=1S/C17H21N5O2S2/c1-11-12(2)25-17-14(11)16(22(4)8-9-26(23,24)18-3)20-15(21-17)13-6-5-7-19-10-13/h5-7,10,18H,8-9H2,1-4H3. The topological polar surface area (TPSA) is 88.1 Å². The van der Waals surface area contributed by atoms with E-state index in [1.54, 1.807) is 23.7 Å². The van der Waals surface area contributed by atoms with Crippen molar-refractivity contribution in [1.29, 1.82) is 0 Å². The maximum absolute atomic E-state index is 11.8. The number of nitrogens with zero attached hydrogens (tertiary/aromatic N) is 4. The minimum absolute atomic E-state index is 0.00408. The molecule has 9 heteroatoms. The van der Waals surface area contributed by atoms with Crippen LogP contribution in [0.4, 0.5) is 5.82 Å². The lowest BCUT2D eigenvalue weighted by molar-refractivity contribution is 0.587. The lowest BCUT2D eigenvalue weighted by Gasteiger charge is -2.20. The molecule has 0 aliphatic carbocycles. The molecule has 1 N–H and O–H groups in total. The summed E-state index contributed by atoms with van der Waals surface area (Å²) in [5.41, 5.74) is 1.96. The summed E-state index contributed by atoms with van der Waals surface area (Å²) in [6.45, 7) is 4.43. The zero-order valence-corrected chi connectivity index (χ0v) is 16.8. The van der Waals surface area contributed by atoms with Gasteiger partial charge in [0.05, 0.1) is 11.1 Å². The number of hydrogen-bond acceptors (Lipinski definition) is 7. The first-order chi connectivity index (χ1) is 12.3. The Balaban J connectivity index is 2.09. The van der Waals surface area contributed by atoms with Crippen LogP contribution in [0, 0.1) is 13.8 Å². The van der Waals surface area contributed by atoms with Crippen LogP contribution >= 0.6 is 11.3 Å². The van der Waals surface area contributed by atoms with Crippen LogP contribution in [0.15, 0.2) is 24.5 Å². The summed E-state index contributed by atoms with van der Waals surface area (Å²) in [6, 6.07) is 3.76. The smallest absolute Gasteiger partial charge is 0.213 e. The fourth-order valence-electron chi connectivity index (χ4n) is 2.59. The monoisotopic (exact) mass is 391 g/mol. The SMILES string of the molecule is CNS(=O)(=O)CCN(C)c1nc(-c2cccnc2)nc2sc(C)c(C)c12. The van der Waals surface area contributed by atoms with Crippen LogP contribution in [0.3, 0.4) is 0 Å². The summed E-state index contributed by atoms with van der Waals surface area (Å²) in [5.74, 6) is 1.32. The van der Waals surface area contributed by atoms with Gasteiger partial charge < -0.3 is 4.90 Å². The Hall–Kier alpha value is -2.10. The fraction of sp³-hybridized carbons (Fsp3) is 0.353. The molecule has 3 aromatic rings. The first-order valence-electron chi connectivity index (χ1n) is 8.13. The number of aryl methyl sites for hydroxylation is 2. The molecule has 0 saturated carbocycles. The van der Waals surface area contributed by atoms with Crippen molar-refractivity contribution in [2.75, 3.05) is 31.3 Å². The fourth-order valence-corrected chi connectivity index (χ4v) is 4.34. The predicted octanol–water partition coefficient (Wildman–Crippen LogP) is 2.36. The summed E-state index contributed by atoms with van der Waals surface area (Å²) in [6.07, 6.45) is 3.43. The van der Waals surface area contributed by atoms with Crippen molar-refractivity contribution in [3.63, 3.8) is 0 Å². The summed E-state index contributed by atoms with van der Waals surface area (Å²) in [7, 11) is -0.0102. The van der Waals surface area contributed by atoms with Gasteiger partial charge in [0.25, 0.3) is 0 Å². The van der Waals surface area contributed by atoms with Gasteiger partial charge in [-0.05, 0) is 38.6 Å². The molecule has 0 spiro atoms. The Labute approximate surface area is 157 Å². The summed E-state index contributed by atoms with van der Waals surface area (Å²) in [4.78, 5) is 17.5. The molecule has 3 heterocycles. The molecular formula is C17H21N5O2S2. The van der Waals surface area contributed by atoms with Gasteiger partial charge in [0.1, 0.15) is 10.6 Å². The van der Waals surface area contributed by atoms with Gasteiger partial charge in [-0.1, -0.05) is 0 Å². The van der Waals surface area contributed by atoms with Crippen molar-refractivity contribution in [1.82, 2.24) is 19.7 Å². The molecular weight excluding hydrogens is 370 g/mol. The summed E-state index contributed by atoms with van der Waals surface area (Å²) < 4.78 is 25.9. The highest BCUT2D eigenvalue weighted by atomic mass is 32.2. The highest BCUT2D eigenvalue weighted by molar-refractivity contribution is 7.89. The molecule has 26 heavy (non-hydrogen) atoms. The highest BCUT2D eigenvalue weighted by Gasteiger charge is 2.19. The van der Waals surface area contributed by atoms with E-state index in [9.17, 15) is 8.42 Å². The zero-order valence-electron chi connectivity index (χ0n) is 15.1. The van der Waals surface area contributed by atoms with Gasteiger partial charge in [0.2, 0.25) is 10.0 Å². The lowest BCUT2D eigenvalue weighted by atomic mass is 10.2. The molecule has 138 valence electrons. The van der Waals surface area contributed by atoms with E-state index < -0.39 is 10.0 Å². The van der Waals surface area contributed by atoms with Gasteiger partial charge in [-0.15, -0.1) is 11.3 Å².